The summed E-state index contributed by atoms with van der Waals surface area (Å²) >= 11 is 0. The molecule has 32 heavy (non-hydrogen) atoms. The number of anilines is 1. The van der Waals surface area contributed by atoms with Crippen LogP contribution in [-0.4, -0.2) is 35.9 Å². The molecule has 0 saturated heterocycles. The van der Waals surface area contributed by atoms with Gasteiger partial charge in [0.05, 0.1) is 13.5 Å². The number of halogens is 2. The highest BCUT2D eigenvalue weighted by molar-refractivity contribution is 5.97. The van der Waals surface area contributed by atoms with Gasteiger partial charge in [-0.3, -0.25) is 9.59 Å². The van der Waals surface area contributed by atoms with E-state index in [0.29, 0.717) is 24.0 Å². The molecule has 2 amide bonds. The van der Waals surface area contributed by atoms with Crippen LogP contribution in [-0.2, 0) is 25.5 Å². The lowest BCUT2D eigenvalue weighted by atomic mass is 10.1. The zero-order chi connectivity index (χ0) is 23.7. The van der Waals surface area contributed by atoms with Crippen LogP contribution in [0, 0.1) is 11.6 Å². The van der Waals surface area contributed by atoms with Crippen molar-refractivity contribution in [3.05, 3.63) is 65.4 Å². The number of carbonyl (C=O) groups is 3. The fourth-order valence-electron chi connectivity index (χ4n) is 2.93. The Hall–Kier alpha value is -3.62. The van der Waals surface area contributed by atoms with Crippen molar-refractivity contribution in [2.75, 3.05) is 12.4 Å². The van der Waals surface area contributed by atoms with Crippen molar-refractivity contribution in [3.63, 3.8) is 0 Å². The van der Waals surface area contributed by atoms with Crippen molar-refractivity contribution in [1.29, 1.82) is 0 Å². The summed E-state index contributed by atoms with van der Waals surface area (Å²) in [7, 11) is 1.28. The maximum atomic E-state index is 13.3. The number of allylic oxidation sites excluding steroid dienone is 1. The van der Waals surface area contributed by atoms with E-state index in [1.54, 1.807) is 19.1 Å². The smallest absolute Gasteiger partial charge is 0.330 e. The maximum Gasteiger partial charge on any atom is 0.330 e. The molecule has 0 radical (unpaired) electrons. The third kappa shape index (κ3) is 7.57. The number of nitrogens with zero attached hydrogens (tertiary/aromatic N) is 1. The largest absolute Gasteiger partial charge is 0.466 e. The molecule has 2 rings (SSSR count). The predicted molar refractivity (Wildman–Crippen MR) is 115 cm³/mol. The fourth-order valence-corrected chi connectivity index (χ4v) is 2.93. The van der Waals surface area contributed by atoms with Crippen molar-refractivity contribution in [1.82, 2.24) is 10.3 Å². The second kappa shape index (κ2) is 11.7. The van der Waals surface area contributed by atoms with E-state index in [1.165, 1.54) is 19.4 Å². The van der Waals surface area contributed by atoms with Crippen LogP contribution in [0.2, 0.25) is 0 Å². The zero-order valence-corrected chi connectivity index (χ0v) is 18.1. The summed E-state index contributed by atoms with van der Waals surface area (Å²) in [6.45, 7) is 3.58. The summed E-state index contributed by atoms with van der Waals surface area (Å²) in [5.74, 6) is -2.77. The number of esters is 1. The van der Waals surface area contributed by atoms with Crippen LogP contribution in [0.15, 0.2) is 42.6 Å². The Labute approximate surface area is 184 Å². The first-order chi connectivity index (χ1) is 15.2. The van der Waals surface area contributed by atoms with Gasteiger partial charge in [0.2, 0.25) is 11.8 Å². The number of hydrogen-bond donors (Lipinski definition) is 2. The van der Waals surface area contributed by atoms with Gasteiger partial charge >= 0.3 is 5.97 Å². The highest BCUT2D eigenvalue weighted by Crippen LogP contribution is 2.15. The van der Waals surface area contributed by atoms with Crippen LogP contribution in [0.1, 0.15) is 37.8 Å². The van der Waals surface area contributed by atoms with Crippen molar-refractivity contribution >= 4 is 29.2 Å². The van der Waals surface area contributed by atoms with Gasteiger partial charge < -0.3 is 15.4 Å². The molecule has 9 heteroatoms. The normalized spacial score (nSPS) is 12.1. The number of aromatic nitrogens is 1. The number of amides is 2. The van der Waals surface area contributed by atoms with E-state index >= 15 is 0 Å². The molecule has 0 bridgehead atoms. The second-order valence-corrected chi connectivity index (χ2v) is 7.14. The molecule has 0 fully saturated rings. The quantitative estimate of drug-likeness (QED) is 0.456. The summed E-state index contributed by atoms with van der Waals surface area (Å²) in [4.78, 5) is 40.5. The number of hydrogen-bond acceptors (Lipinski definition) is 5. The Morgan fingerprint density at radius 1 is 1.16 bits per heavy atom. The van der Waals surface area contributed by atoms with Crippen molar-refractivity contribution in [2.24, 2.45) is 0 Å². The van der Waals surface area contributed by atoms with Crippen LogP contribution in [0.4, 0.5) is 14.6 Å². The average molecular weight is 445 g/mol. The lowest BCUT2D eigenvalue weighted by Crippen LogP contribution is -2.44. The van der Waals surface area contributed by atoms with Crippen LogP contribution in [0.5, 0.6) is 0 Å². The maximum absolute atomic E-state index is 13.3. The molecule has 0 spiro atoms. The molecule has 0 aliphatic rings. The number of carbonyl (C=O) groups excluding carboxylic acids is 3. The van der Waals surface area contributed by atoms with Crippen LogP contribution in [0.25, 0.3) is 5.57 Å². The van der Waals surface area contributed by atoms with Gasteiger partial charge in [0.1, 0.15) is 23.5 Å². The molecule has 0 saturated carbocycles. The number of nitrogens with one attached hydrogen (secondary N) is 2. The van der Waals surface area contributed by atoms with Crippen molar-refractivity contribution < 1.29 is 27.9 Å². The molecule has 1 atom stereocenters. The molecule has 0 aliphatic heterocycles. The van der Waals surface area contributed by atoms with Crippen molar-refractivity contribution in [2.45, 2.75) is 39.2 Å². The molecular formula is C23H25F2N3O4. The van der Waals surface area contributed by atoms with Gasteiger partial charge in [0.15, 0.2) is 0 Å². The SMILES string of the molecule is CCCC(NC(=O)Cc1cc(F)cc(F)c1)C(=O)Nc1ccc(C(C)=CC(=O)OC)cn1. The zero-order valence-electron chi connectivity index (χ0n) is 18.1. The molecule has 2 N–H and O–H groups in total. The van der Waals surface area contributed by atoms with E-state index in [-0.39, 0.29) is 17.8 Å². The number of benzene rings is 1. The summed E-state index contributed by atoms with van der Waals surface area (Å²) in [6, 6.07) is 5.28. The number of methoxy groups -OCH3 is 1. The third-order valence-electron chi connectivity index (χ3n) is 4.52. The van der Waals surface area contributed by atoms with Gasteiger partial charge in [0.25, 0.3) is 0 Å². The minimum atomic E-state index is -0.840. The van der Waals surface area contributed by atoms with E-state index in [0.717, 1.165) is 18.2 Å². The van der Waals surface area contributed by atoms with Crippen LogP contribution < -0.4 is 10.6 Å². The number of rotatable bonds is 9. The molecule has 1 heterocycles. The van der Waals surface area contributed by atoms with E-state index < -0.39 is 35.5 Å². The number of ether oxygens (including phenoxy) is 1. The molecule has 2 aromatic rings. The average Bonchev–Trinajstić information content (AvgIpc) is 2.72. The van der Waals surface area contributed by atoms with E-state index in [1.807, 2.05) is 6.92 Å². The van der Waals surface area contributed by atoms with Gasteiger partial charge in [-0.2, -0.15) is 0 Å². The van der Waals surface area contributed by atoms with Gasteiger partial charge in [-0.05, 0) is 54.3 Å². The highest BCUT2D eigenvalue weighted by atomic mass is 19.1. The second-order valence-electron chi connectivity index (χ2n) is 7.14. The molecule has 1 aromatic carbocycles. The summed E-state index contributed by atoms with van der Waals surface area (Å²) in [6.07, 6.45) is 3.55. The van der Waals surface area contributed by atoms with Gasteiger partial charge in [0, 0.05) is 18.3 Å². The van der Waals surface area contributed by atoms with E-state index in [4.69, 9.17) is 0 Å². The Morgan fingerprint density at radius 2 is 1.84 bits per heavy atom. The lowest BCUT2D eigenvalue weighted by Gasteiger charge is -2.18. The lowest BCUT2D eigenvalue weighted by molar-refractivity contribution is -0.134. The first kappa shape index (κ1) is 24.6. The van der Waals surface area contributed by atoms with Gasteiger partial charge in [-0.15, -0.1) is 0 Å². The van der Waals surface area contributed by atoms with Crippen LogP contribution in [0.3, 0.4) is 0 Å². The van der Waals surface area contributed by atoms with E-state index in [9.17, 15) is 23.2 Å². The van der Waals surface area contributed by atoms with Gasteiger partial charge in [-0.25, -0.2) is 18.6 Å². The Bertz CT molecular complexity index is 987. The Morgan fingerprint density at radius 3 is 2.41 bits per heavy atom. The first-order valence-electron chi connectivity index (χ1n) is 9.99. The van der Waals surface area contributed by atoms with Gasteiger partial charge in [-0.1, -0.05) is 13.3 Å². The minimum Gasteiger partial charge on any atom is -0.466 e. The molecule has 0 aliphatic carbocycles. The summed E-state index contributed by atoms with van der Waals surface area (Å²) in [5, 5.41) is 5.24. The molecule has 170 valence electrons. The summed E-state index contributed by atoms with van der Waals surface area (Å²) in [5.41, 5.74) is 1.49. The fraction of sp³-hybridized carbons (Fsp3) is 0.304. The van der Waals surface area contributed by atoms with E-state index in [2.05, 4.69) is 20.4 Å². The molecular weight excluding hydrogens is 420 g/mol. The predicted octanol–water partition coefficient (Wildman–Crippen LogP) is 3.40. The minimum absolute atomic E-state index is 0.170. The van der Waals surface area contributed by atoms with Crippen LogP contribution >= 0.6 is 0 Å². The number of pyridine rings is 1. The standard InChI is InChI=1S/C23H25F2N3O4/c1-4-5-19(27-21(29)11-15-9-17(24)12-18(25)10-15)23(31)28-20-7-6-16(13-26-20)14(2)8-22(30)32-3/h6-10,12-13,19H,4-5,11H2,1-3H3,(H,27,29)(H,26,28,31). The highest BCUT2D eigenvalue weighted by Gasteiger charge is 2.21. The molecule has 1 unspecified atom stereocenters. The first-order valence-corrected chi connectivity index (χ1v) is 9.99. The molecule has 7 nitrogen and oxygen atoms in total. The van der Waals surface area contributed by atoms with Crippen molar-refractivity contribution in [3.8, 4) is 0 Å². The Balaban J connectivity index is 2.02. The third-order valence-corrected chi connectivity index (χ3v) is 4.52. The molecule has 1 aromatic heterocycles. The topological polar surface area (TPSA) is 97.4 Å². The summed E-state index contributed by atoms with van der Waals surface area (Å²) < 4.78 is 31.2. The Kier molecular flexibility index (Phi) is 9.00. The monoisotopic (exact) mass is 445 g/mol.